The molecule has 0 saturated carbocycles. The van der Waals surface area contributed by atoms with Crippen molar-refractivity contribution in [2.45, 2.75) is 19.1 Å². The van der Waals surface area contributed by atoms with E-state index in [0.29, 0.717) is 24.1 Å². The maximum absolute atomic E-state index is 10.5. The highest BCUT2D eigenvalue weighted by Gasteiger charge is 2.12. The van der Waals surface area contributed by atoms with E-state index in [1.165, 1.54) is 0 Å². The highest BCUT2D eigenvalue weighted by molar-refractivity contribution is 7.19. The molecule has 0 aliphatic rings. The van der Waals surface area contributed by atoms with Crippen LogP contribution >= 0.6 is 22.9 Å². The summed E-state index contributed by atoms with van der Waals surface area (Å²) in [4.78, 5) is 5.35. The molecule has 3 rings (SSSR count). The lowest BCUT2D eigenvalue weighted by Gasteiger charge is -2.16. The van der Waals surface area contributed by atoms with Crippen molar-refractivity contribution >= 4 is 39.0 Å². The van der Waals surface area contributed by atoms with Crippen LogP contribution in [0.1, 0.15) is 29.6 Å². The molecule has 2 aromatic carbocycles. The SMILES string of the molecule is CCNC(=NCC(O)c1cc2ccccc2s1)NCC(O)c1ccc(Cl)cc1. The summed E-state index contributed by atoms with van der Waals surface area (Å²) in [5.41, 5.74) is 0.776. The lowest BCUT2D eigenvalue weighted by Crippen LogP contribution is -2.39. The number of fused-ring (bicyclic) bond motifs is 1. The van der Waals surface area contributed by atoms with Gasteiger partial charge >= 0.3 is 0 Å². The van der Waals surface area contributed by atoms with Crippen molar-refractivity contribution in [3.8, 4) is 0 Å². The molecule has 3 aromatic rings. The molecule has 4 N–H and O–H groups in total. The number of aliphatic hydroxyl groups excluding tert-OH is 2. The second-order valence-electron chi connectivity index (χ2n) is 6.37. The van der Waals surface area contributed by atoms with E-state index < -0.39 is 12.2 Å². The van der Waals surface area contributed by atoms with E-state index in [2.05, 4.69) is 15.6 Å². The third kappa shape index (κ3) is 5.45. The molecule has 0 saturated heterocycles. The molecule has 0 fully saturated rings. The summed E-state index contributed by atoms with van der Waals surface area (Å²) >= 11 is 7.46. The van der Waals surface area contributed by atoms with Crippen LogP contribution in [0.2, 0.25) is 5.02 Å². The van der Waals surface area contributed by atoms with E-state index in [9.17, 15) is 10.2 Å². The number of rotatable bonds is 7. The predicted molar refractivity (Wildman–Crippen MR) is 117 cm³/mol. The second kappa shape index (κ2) is 9.89. The topological polar surface area (TPSA) is 76.9 Å². The number of guanidine groups is 1. The minimum Gasteiger partial charge on any atom is -0.387 e. The number of thiophene rings is 1. The first-order chi connectivity index (χ1) is 13.6. The van der Waals surface area contributed by atoms with Gasteiger partial charge in [0.25, 0.3) is 0 Å². The second-order valence-corrected chi connectivity index (χ2v) is 7.92. The van der Waals surface area contributed by atoms with Crippen molar-refractivity contribution in [1.29, 1.82) is 0 Å². The lowest BCUT2D eigenvalue weighted by atomic mass is 10.1. The Bertz CT molecular complexity index is 894. The number of aliphatic imine (C=N–C) groups is 1. The molecular weight excluding hydrogens is 394 g/mol. The molecule has 1 aromatic heterocycles. The van der Waals surface area contributed by atoms with Gasteiger partial charge in [-0.25, -0.2) is 0 Å². The summed E-state index contributed by atoms with van der Waals surface area (Å²) in [6, 6.07) is 17.2. The van der Waals surface area contributed by atoms with Gasteiger partial charge in [0, 0.05) is 27.7 Å². The molecule has 0 radical (unpaired) electrons. The Morgan fingerprint density at radius 2 is 1.82 bits per heavy atom. The zero-order chi connectivity index (χ0) is 19.9. The molecule has 2 unspecified atom stereocenters. The van der Waals surface area contributed by atoms with Crippen LogP contribution in [0.5, 0.6) is 0 Å². The maximum Gasteiger partial charge on any atom is 0.191 e. The maximum atomic E-state index is 10.5. The van der Waals surface area contributed by atoms with Crippen molar-refractivity contribution in [3.63, 3.8) is 0 Å². The first-order valence-electron chi connectivity index (χ1n) is 9.19. The van der Waals surface area contributed by atoms with E-state index in [1.807, 2.05) is 37.3 Å². The Morgan fingerprint density at radius 3 is 2.54 bits per heavy atom. The van der Waals surface area contributed by atoms with E-state index >= 15 is 0 Å². The number of hydrogen-bond donors (Lipinski definition) is 4. The minimum absolute atomic E-state index is 0.235. The standard InChI is InChI=1S/C21H24ClN3O2S/c1-2-23-21(24-12-17(26)14-7-9-16(22)10-8-14)25-13-18(27)20-11-15-5-3-4-6-19(15)28-20/h3-11,17-18,26-27H,2,12-13H2,1H3,(H2,23,24,25). The van der Waals surface area contributed by atoms with E-state index in [-0.39, 0.29) is 6.54 Å². The Labute approximate surface area is 173 Å². The van der Waals surface area contributed by atoms with Gasteiger partial charge in [-0.1, -0.05) is 41.9 Å². The van der Waals surface area contributed by atoms with Crippen molar-refractivity contribution in [1.82, 2.24) is 10.6 Å². The van der Waals surface area contributed by atoms with Crippen LogP contribution in [0.4, 0.5) is 0 Å². The summed E-state index contributed by atoms with van der Waals surface area (Å²) in [5, 5.41) is 28.8. The first kappa shape index (κ1) is 20.6. The number of nitrogens with zero attached hydrogens (tertiary/aromatic N) is 1. The third-order valence-electron chi connectivity index (χ3n) is 4.26. The summed E-state index contributed by atoms with van der Waals surface area (Å²) in [6.45, 7) is 3.18. The molecule has 2 atom stereocenters. The summed E-state index contributed by atoms with van der Waals surface area (Å²) < 4.78 is 1.15. The van der Waals surface area contributed by atoms with Gasteiger partial charge in [0.1, 0.15) is 6.10 Å². The van der Waals surface area contributed by atoms with Crippen molar-refractivity contribution in [3.05, 3.63) is 70.1 Å². The van der Waals surface area contributed by atoms with Crippen molar-refractivity contribution < 1.29 is 10.2 Å². The molecule has 7 heteroatoms. The molecule has 0 amide bonds. The number of halogens is 1. The van der Waals surface area contributed by atoms with Crippen molar-refractivity contribution in [2.24, 2.45) is 4.99 Å². The monoisotopic (exact) mass is 417 g/mol. The molecule has 148 valence electrons. The Kier molecular flexibility index (Phi) is 7.28. The van der Waals surface area contributed by atoms with Crippen LogP contribution < -0.4 is 10.6 Å². The van der Waals surface area contributed by atoms with Crippen LogP contribution in [0, 0.1) is 0 Å². The Balaban J connectivity index is 1.60. The molecular formula is C21H24ClN3O2S. The van der Waals surface area contributed by atoms with Gasteiger partial charge in [0.05, 0.1) is 12.6 Å². The smallest absolute Gasteiger partial charge is 0.191 e. The molecule has 0 aliphatic heterocycles. The van der Waals surface area contributed by atoms with Gasteiger partial charge in [-0.15, -0.1) is 11.3 Å². The number of nitrogens with one attached hydrogen (secondary N) is 2. The summed E-state index contributed by atoms with van der Waals surface area (Å²) in [6.07, 6.45) is -1.36. The van der Waals surface area contributed by atoms with Crippen molar-refractivity contribution in [2.75, 3.05) is 19.6 Å². The molecule has 28 heavy (non-hydrogen) atoms. The van der Waals surface area contributed by atoms with Gasteiger partial charge in [-0.3, -0.25) is 4.99 Å². The molecule has 0 aliphatic carbocycles. The number of benzene rings is 2. The van der Waals surface area contributed by atoms with E-state index in [4.69, 9.17) is 11.6 Å². The van der Waals surface area contributed by atoms with Crippen LogP contribution in [-0.2, 0) is 0 Å². The average molecular weight is 418 g/mol. The van der Waals surface area contributed by atoms with Gasteiger partial charge < -0.3 is 20.8 Å². The lowest BCUT2D eigenvalue weighted by molar-refractivity contribution is 0.180. The Morgan fingerprint density at radius 1 is 1.07 bits per heavy atom. The zero-order valence-electron chi connectivity index (χ0n) is 15.6. The molecule has 1 heterocycles. The fourth-order valence-corrected chi connectivity index (χ4v) is 3.94. The van der Waals surface area contributed by atoms with Crippen LogP contribution in [0.15, 0.2) is 59.6 Å². The fourth-order valence-electron chi connectivity index (χ4n) is 2.77. The quantitative estimate of drug-likeness (QED) is 0.347. The van der Waals surface area contributed by atoms with Gasteiger partial charge in [-0.2, -0.15) is 0 Å². The first-order valence-corrected chi connectivity index (χ1v) is 10.4. The third-order valence-corrected chi connectivity index (χ3v) is 5.73. The van der Waals surface area contributed by atoms with Gasteiger partial charge in [0.15, 0.2) is 5.96 Å². The van der Waals surface area contributed by atoms with Crippen LogP contribution in [0.3, 0.4) is 0 Å². The summed E-state index contributed by atoms with van der Waals surface area (Å²) in [5.74, 6) is 0.552. The van der Waals surface area contributed by atoms with E-state index in [1.54, 1.807) is 35.6 Å². The Hall–Kier alpha value is -2.12. The highest BCUT2D eigenvalue weighted by atomic mass is 35.5. The number of hydrogen-bond acceptors (Lipinski definition) is 4. The molecule has 0 spiro atoms. The van der Waals surface area contributed by atoms with Gasteiger partial charge in [-0.05, 0) is 42.1 Å². The largest absolute Gasteiger partial charge is 0.387 e. The van der Waals surface area contributed by atoms with Crippen LogP contribution in [0.25, 0.3) is 10.1 Å². The zero-order valence-corrected chi connectivity index (χ0v) is 17.2. The highest BCUT2D eigenvalue weighted by Crippen LogP contribution is 2.29. The predicted octanol–water partition coefficient (Wildman–Crippen LogP) is 3.88. The van der Waals surface area contributed by atoms with Crippen LogP contribution in [-0.4, -0.2) is 35.8 Å². The normalized spacial score (nSPS) is 14.1. The average Bonchev–Trinajstić information content (AvgIpc) is 3.14. The van der Waals surface area contributed by atoms with Gasteiger partial charge in [0.2, 0.25) is 0 Å². The minimum atomic E-state index is -0.686. The summed E-state index contributed by atoms with van der Waals surface area (Å²) in [7, 11) is 0. The molecule has 0 bridgehead atoms. The number of aliphatic hydroxyl groups is 2. The fraction of sp³-hybridized carbons (Fsp3) is 0.286. The molecule has 5 nitrogen and oxygen atoms in total. The van der Waals surface area contributed by atoms with E-state index in [0.717, 1.165) is 20.5 Å².